The van der Waals surface area contributed by atoms with Gasteiger partial charge in [-0.1, -0.05) is 6.07 Å². The van der Waals surface area contributed by atoms with Crippen LogP contribution in [0.15, 0.2) is 24.4 Å². The number of hydrogen-bond donors (Lipinski definition) is 3. The molecule has 5 rings (SSSR count). The van der Waals surface area contributed by atoms with Gasteiger partial charge >= 0.3 is 6.03 Å². The number of nitriles is 1. The molecule has 0 aromatic carbocycles. The number of pyridine rings is 2. The van der Waals surface area contributed by atoms with E-state index in [9.17, 15) is 14.9 Å². The first-order valence-electron chi connectivity index (χ1n) is 9.94. The van der Waals surface area contributed by atoms with Crippen LogP contribution in [-0.4, -0.2) is 55.6 Å². The number of carbonyl (C=O) groups is 2. The zero-order chi connectivity index (χ0) is 22.0. The summed E-state index contributed by atoms with van der Waals surface area (Å²) in [7, 11) is 3.48. The minimum Gasteiger partial charge on any atom is -0.383 e. The Labute approximate surface area is 179 Å². The molecule has 3 N–H and O–H groups in total. The molecule has 1 aliphatic carbocycles. The number of aldehydes is 1. The quantitative estimate of drug-likeness (QED) is 0.456. The minimum absolute atomic E-state index is 0.0352. The molecule has 2 amide bonds. The Morgan fingerprint density at radius 3 is 2.94 bits per heavy atom. The molecule has 3 aliphatic rings. The van der Waals surface area contributed by atoms with Crippen molar-refractivity contribution < 1.29 is 14.3 Å². The second-order valence-electron chi connectivity index (χ2n) is 7.57. The number of rotatable bonds is 7. The molecule has 1 saturated carbocycles. The van der Waals surface area contributed by atoms with Crippen molar-refractivity contribution in [3.05, 3.63) is 41.2 Å². The first-order valence-corrected chi connectivity index (χ1v) is 9.94. The summed E-state index contributed by atoms with van der Waals surface area (Å²) in [6.07, 6.45) is 3.60. The number of ether oxygens (including phenoxy) is 1. The SMILES string of the molecule is CNC12CC(C1)N(C(=O)Nc1cc(NCCOC)c(C#N)cn1)c1nc(C=O)ccc12. The Morgan fingerprint density at radius 1 is 1.45 bits per heavy atom. The van der Waals surface area contributed by atoms with Gasteiger partial charge in [0.2, 0.25) is 0 Å². The molecule has 2 aromatic rings. The molecule has 2 bridgehead atoms. The maximum absolute atomic E-state index is 13.2. The van der Waals surface area contributed by atoms with Crippen LogP contribution in [0.4, 0.5) is 22.1 Å². The van der Waals surface area contributed by atoms with Gasteiger partial charge < -0.3 is 15.4 Å². The van der Waals surface area contributed by atoms with Crippen molar-refractivity contribution in [2.45, 2.75) is 24.4 Å². The van der Waals surface area contributed by atoms with E-state index in [4.69, 9.17) is 4.74 Å². The maximum Gasteiger partial charge on any atom is 0.328 e. The van der Waals surface area contributed by atoms with Crippen molar-refractivity contribution in [1.29, 1.82) is 5.26 Å². The number of amides is 2. The predicted molar refractivity (Wildman–Crippen MR) is 114 cm³/mol. The van der Waals surface area contributed by atoms with Gasteiger partial charge in [0, 0.05) is 37.5 Å². The van der Waals surface area contributed by atoms with Crippen molar-refractivity contribution in [1.82, 2.24) is 15.3 Å². The molecule has 1 fully saturated rings. The molecule has 31 heavy (non-hydrogen) atoms. The molecule has 0 atom stereocenters. The van der Waals surface area contributed by atoms with E-state index in [1.54, 1.807) is 24.1 Å². The van der Waals surface area contributed by atoms with E-state index in [0.29, 0.717) is 42.3 Å². The van der Waals surface area contributed by atoms with Gasteiger partial charge in [0.1, 0.15) is 23.4 Å². The van der Waals surface area contributed by atoms with Crippen LogP contribution in [0, 0.1) is 11.3 Å². The van der Waals surface area contributed by atoms with Crippen LogP contribution in [0.25, 0.3) is 0 Å². The average Bonchev–Trinajstić information content (AvgIpc) is 2.77. The highest BCUT2D eigenvalue weighted by atomic mass is 16.5. The van der Waals surface area contributed by atoms with Crippen molar-refractivity contribution >= 4 is 29.6 Å². The highest BCUT2D eigenvalue weighted by Gasteiger charge is 2.55. The lowest BCUT2D eigenvalue weighted by molar-refractivity contribution is 0.111. The normalized spacial score (nSPS) is 20.8. The fourth-order valence-electron chi connectivity index (χ4n) is 4.22. The lowest BCUT2D eigenvalue weighted by atomic mass is 9.64. The van der Waals surface area contributed by atoms with Gasteiger partial charge in [-0.3, -0.25) is 15.0 Å². The average molecular weight is 421 g/mol. The second kappa shape index (κ2) is 8.29. The standard InChI is InChI=1S/C21H23N7O3/c1-23-21-8-15(9-21)28(19-16(21)4-3-14(12-29)26-19)20(30)27-18-7-17(24-5-6-31-2)13(10-22)11-25-18/h3-4,7,11-12,15,23H,5-6,8-9H2,1-2H3,(H2,24,25,27,30). The van der Waals surface area contributed by atoms with Gasteiger partial charge in [0.05, 0.1) is 23.4 Å². The van der Waals surface area contributed by atoms with Crippen molar-refractivity contribution in [3.8, 4) is 6.07 Å². The van der Waals surface area contributed by atoms with Crippen LogP contribution in [0.3, 0.4) is 0 Å². The summed E-state index contributed by atoms with van der Waals surface area (Å²) in [6, 6.07) is 6.80. The summed E-state index contributed by atoms with van der Waals surface area (Å²) in [5.41, 5.74) is 1.87. The number of carbonyl (C=O) groups excluding carboxylic acids is 2. The highest BCUT2D eigenvalue weighted by Crippen LogP contribution is 2.52. The number of nitrogens with zero attached hydrogens (tertiary/aromatic N) is 4. The molecule has 0 radical (unpaired) electrons. The van der Waals surface area contributed by atoms with E-state index in [2.05, 4.69) is 32.0 Å². The fourth-order valence-corrected chi connectivity index (χ4v) is 4.22. The molecule has 2 aliphatic heterocycles. The summed E-state index contributed by atoms with van der Waals surface area (Å²) < 4.78 is 5.02. The van der Waals surface area contributed by atoms with Crippen LogP contribution >= 0.6 is 0 Å². The zero-order valence-electron chi connectivity index (χ0n) is 17.3. The Balaban J connectivity index is 1.60. The molecule has 4 heterocycles. The molecule has 160 valence electrons. The lowest BCUT2D eigenvalue weighted by Crippen LogP contribution is -2.65. The predicted octanol–water partition coefficient (Wildman–Crippen LogP) is 1.85. The van der Waals surface area contributed by atoms with Gasteiger partial charge in [0.25, 0.3) is 0 Å². The van der Waals surface area contributed by atoms with Crippen molar-refractivity contribution in [2.75, 3.05) is 42.8 Å². The summed E-state index contributed by atoms with van der Waals surface area (Å²) in [4.78, 5) is 34.7. The summed E-state index contributed by atoms with van der Waals surface area (Å²) in [5.74, 6) is 0.785. The molecular formula is C21H23N7O3. The van der Waals surface area contributed by atoms with Gasteiger partial charge in [-0.05, 0) is 26.0 Å². The Morgan fingerprint density at radius 2 is 2.26 bits per heavy atom. The molecule has 10 heteroatoms. The van der Waals surface area contributed by atoms with Crippen LogP contribution in [0.1, 0.15) is 34.5 Å². The summed E-state index contributed by atoms with van der Waals surface area (Å²) in [5, 5.41) is 18.6. The van der Waals surface area contributed by atoms with E-state index < -0.39 is 0 Å². The number of hydrogen-bond acceptors (Lipinski definition) is 8. The van der Waals surface area contributed by atoms with Crippen molar-refractivity contribution in [3.63, 3.8) is 0 Å². The van der Waals surface area contributed by atoms with Crippen LogP contribution in [0.2, 0.25) is 0 Å². The largest absolute Gasteiger partial charge is 0.383 e. The molecule has 10 nitrogen and oxygen atoms in total. The van der Waals surface area contributed by atoms with Gasteiger partial charge in [-0.2, -0.15) is 5.26 Å². The third kappa shape index (κ3) is 3.58. The Bertz CT molecular complexity index is 1060. The topological polar surface area (TPSA) is 132 Å². The van der Waals surface area contributed by atoms with Crippen LogP contribution < -0.4 is 20.9 Å². The monoisotopic (exact) mass is 421 g/mol. The van der Waals surface area contributed by atoms with E-state index >= 15 is 0 Å². The number of anilines is 3. The van der Waals surface area contributed by atoms with Crippen LogP contribution in [-0.2, 0) is 10.3 Å². The summed E-state index contributed by atoms with van der Waals surface area (Å²) in [6.45, 7) is 0.980. The van der Waals surface area contributed by atoms with Gasteiger partial charge in [-0.25, -0.2) is 14.8 Å². The maximum atomic E-state index is 13.2. The minimum atomic E-state index is -0.383. The first kappa shape index (κ1) is 20.7. The smallest absolute Gasteiger partial charge is 0.328 e. The lowest BCUT2D eigenvalue weighted by Gasteiger charge is -2.56. The number of aromatic nitrogens is 2. The third-order valence-corrected chi connectivity index (χ3v) is 5.87. The summed E-state index contributed by atoms with van der Waals surface area (Å²) >= 11 is 0. The van der Waals surface area contributed by atoms with E-state index in [0.717, 1.165) is 18.4 Å². The number of nitrogens with one attached hydrogen (secondary N) is 3. The first-order chi connectivity index (χ1) is 15.0. The van der Waals surface area contributed by atoms with E-state index in [1.165, 1.54) is 6.20 Å². The molecule has 0 unspecified atom stereocenters. The Hall–Kier alpha value is -3.55. The number of urea groups is 1. The van der Waals surface area contributed by atoms with Gasteiger partial charge in [-0.15, -0.1) is 0 Å². The number of methoxy groups -OCH3 is 1. The third-order valence-electron chi connectivity index (χ3n) is 5.87. The fraction of sp³-hybridized carbons (Fsp3) is 0.381. The van der Waals surface area contributed by atoms with Crippen molar-refractivity contribution in [2.24, 2.45) is 0 Å². The highest BCUT2D eigenvalue weighted by molar-refractivity contribution is 6.03. The van der Waals surface area contributed by atoms with E-state index in [-0.39, 0.29) is 23.3 Å². The molecular weight excluding hydrogens is 398 g/mol. The molecule has 0 saturated heterocycles. The van der Waals surface area contributed by atoms with E-state index in [1.807, 2.05) is 13.1 Å². The molecule has 0 spiro atoms. The van der Waals surface area contributed by atoms with Gasteiger partial charge in [0.15, 0.2) is 6.29 Å². The zero-order valence-corrected chi connectivity index (χ0v) is 17.3. The van der Waals surface area contributed by atoms with Crippen LogP contribution in [0.5, 0.6) is 0 Å². The Kier molecular flexibility index (Phi) is 5.54. The second-order valence-corrected chi connectivity index (χ2v) is 7.57. The molecule has 2 aromatic heterocycles.